The molecule has 2 fully saturated rings. The number of carbonyl (C=O) groups is 4. The predicted octanol–water partition coefficient (Wildman–Crippen LogP) is -1.20. The van der Waals surface area contributed by atoms with Crippen molar-refractivity contribution >= 4 is 35.0 Å². The van der Waals surface area contributed by atoms with Crippen molar-refractivity contribution in [3.05, 3.63) is 24.3 Å². The van der Waals surface area contributed by atoms with E-state index in [-0.39, 0.29) is 48.6 Å². The molecule has 2 heterocycles. The molecular formula is C22H32N4O4+2. The van der Waals surface area contributed by atoms with Crippen LogP contribution >= 0.6 is 0 Å². The van der Waals surface area contributed by atoms with Crippen LogP contribution in [-0.4, -0.2) is 61.9 Å². The largest absolute Gasteiger partial charge is 0.325 e. The second-order valence-electron chi connectivity index (χ2n) is 7.90. The Hall–Kier alpha value is -2.58. The molecule has 30 heavy (non-hydrogen) atoms. The molecule has 2 aliphatic heterocycles. The van der Waals surface area contributed by atoms with Gasteiger partial charge in [0.25, 0.3) is 11.8 Å². The fraction of sp³-hybridized carbons (Fsp3) is 0.545. The van der Waals surface area contributed by atoms with E-state index in [1.807, 2.05) is 27.7 Å². The van der Waals surface area contributed by atoms with Gasteiger partial charge in [0, 0.05) is 0 Å². The van der Waals surface area contributed by atoms with Gasteiger partial charge < -0.3 is 9.80 Å². The highest BCUT2D eigenvalue weighted by Gasteiger charge is 2.46. The van der Waals surface area contributed by atoms with Crippen molar-refractivity contribution in [1.82, 2.24) is 0 Å². The number of imide groups is 2. The van der Waals surface area contributed by atoms with Crippen molar-refractivity contribution < 1.29 is 29.0 Å². The van der Waals surface area contributed by atoms with Gasteiger partial charge in [-0.25, -0.2) is 9.80 Å². The molecule has 0 saturated carbocycles. The summed E-state index contributed by atoms with van der Waals surface area (Å²) in [6.45, 7) is 11.1. The normalized spacial score (nSPS) is 22.3. The molecule has 0 radical (unpaired) electrons. The van der Waals surface area contributed by atoms with Gasteiger partial charge in [-0.05, 0) is 52.0 Å². The first-order valence-electron chi connectivity index (χ1n) is 10.9. The van der Waals surface area contributed by atoms with E-state index in [0.29, 0.717) is 11.4 Å². The van der Waals surface area contributed by atoms with E-state index in [1.165, 1.54) is 9.80 Å². The van der Waals surface area contributed by atoms with Crippen LogP contribution in [-0.2, 0) is 19.2 Å². The van der Waals surface area contributed by atoms with E-state index in [1.54, 1.807) is 24.3 Å². The highest BCUT2D eigenvalue weighted by atomic mass is 16.2. The average Bonchev–Trinajstić information content (AvgIpc) is 3.19. The molecule has 4 amide bonds. The van der Waals surface area contributed by atoms with Gasteiger partial charge in [0.05, 0.1) is 50.4 Å². The molecule has 1 aromatic rings. The van der Waals surface area contributed by atoms with Crippen molar-refractivity contribution in [2.24, 2.45) is 0 Å². The summed E-state index contributed by atoms with van der Waals surface area (Å²) in [4.78, 5) is 55.4. The van der Waals surface area contributed by atoms with Gasteiger partial charge in [-0.15, -0.1) is 0 Å². The van der Waals surface area contributed by atoms with Gasteiger partial charge in [-0.2, -0.15) is 0 Å². The van der Waals surface area contributed by atoms with E-state index < -0.39 is 0 Å². The molecule has 0 bridgehead atoms. The van der Waals surface area contributed by atoms with Crippen LogP contribution in [0.15, 0.2) is 24.3 Å². The van der Waals surface area contributed by atoms with Crippen LogP contribution in [0, 0.1) is 0 Å². The standard InChI is InChI=1S/C22H30N4O4/c1-5-23(6-2)17-13-19(27)25(21(17)29)15-9-11-16(12-10-15)26-20(28)14-18(22(26)30)24(7-3)8-4/h9-12,17-18H,5-8,13-14H2,1-4H3/p+2/t17-,18-/m1/s1. The highest BCUT2D eigenvalue weighted by Crippen LogP contribution is 2.27. The average molecular weight is 417 g/mol. The first kappa shape index (κ1) is 22.1. The predicted molar refractivity (Wildman–Crippen MR) is 112 cm³/mol. The monoisotopic (exact) mass is 416 g/mol. The van der Waals surface area contributed by atoms with E-state index in [0.717, 1.165) is 36.0 Å². The molecule has 2 atom stereocenters. The summed E-state index contributed by atoms with van der Waals surface area (Å²) in [5, 5.41) is 0. The van der Waals surface area contributed by atoms with Crippen molar-refractivity contribution in [3.63, 3.8) is 0 Å². The molecule has 8 heteroatoms. The second-order valence-corrected chi connectivity index (χ2v) is 7.90. The number of rotatable bonds is 8. The molecule has 8 nitrogen and oxygen atoms in total. The number of hydrogen-bond acceptors (Lipinski definition) is 4. The molecular weight excluding hydrogens is 384 g/mol. The third kappa shape index (κ3) is 3.77. The van der Waals surface area contributed by atoms with Crippen LogP contribution in [0.2, 0.25) is 0 Å². The fourth-order valence-corrected chi connectivity index (χ4v) is 4.68. The lowest BCUT2D eigenvalue weighted by Gasteiger charge is -2.22. The van der Waals surface area contributed by atoms with E-state index in [9.17, 15) is 19.2 Å². The molecule has 3 rings (SSSR count). The minimum atomic E-state index is -0.355. The number of anilines is 2. The van der Waals surface area contributed by atoms with Crippen LogP contribution in [0.3, 0.4) is 0 Å². The van der Waals surface area contributed by atoms with Crippen molar-refractivity contribution in [3.8, 4) is 0 Å². The Morgan fingerprint density at radius 1 is 0.667 bits per heavy atom. The second kappa shape index (κ2) is 9.06. The van der Waals surface area contributed by atoms with Crippen molar-refractivity contribution in [2.75, 3.05) is 36.0 Å². The lowest BCUT2D eigenvalue weighted by Crippen LogP contribution is -3.16. The number of nitrogens with one attached hydrogen (secondary N) is 2. The molecule has 0 aliphatic carbocycles. The SMILES string of the molecule is CC[NH+](CC)[C@@H]1CC(=O)N(c2ccc(N3C(=O)C[C@@H]([NH+](CC)CC)C3=O)cc2)C1=O. The third-order valence-electron chi connectivity index (χ3n) is 6.46. The molecule has 2 aliphatic rings. The molecule has 0 spiro atoms. The Kier molecular flexibility index (Phi) is 6.67. The molecule has 1 aromatic carbocycles. The van der Waals surface area contributed by atoms with E-state index in [4.69, 9.17) is 0 Å². The minimum absolute atomic E-state index is 0.190. The van der Waals surface area contributed by atoms with E-state index >= 15 is 0 Å². The lowest BCUT2D eigenvalue weighted by atomic mass is 10.2. The first-order chi connectivity index (χ1) is 14.4. The van der Waals surface area contributed by atoms with Gasteiger partial charge in [0.15, 0.2) is 12.1 Å². The Morgan fingerprint density at radius 2 is 0.967 bits per heavy atom. The molecule has 0 unspecified atom stereocenters. The van der Waals surface area contributed by atoms with Gasteiger partial charge in [0.1, 0.15) is 0 Å². The van der Waals surface area contributed by atoms with Gasteiger partial charge >= 0.3 is 0 Å². The molecule has 0 aromatic heterocycles. The zero-order chi connectivity index (χ0) is 22.0. The lowest BCUT2D eigenvalue weighted by molar-refractivity contribution is -0.911. The van der Waals surface area contributed by atoms with Crippen molar-refractivity contribution in [2.45, 2.75) is 52.6 Å². The van der Waals surface area contributed by atoms with Gasteiger partial charge in [0.2, 0.25) is 11.8 Å². The maximum Gasteiger partial charge on any atom is 0.292 e. The van der Waals surface area contributed by atoms with Gasteiger partial charge in [-0.1, -0.05) is 0 Å². The summed E-state index contributed by atoms with van der Waals surface area (Å²) in [6.07, 6.45) is 0.407. The smallest absolute Gasteiger partial charge is 0.292 e. The number of quaternary nitrogens is 2. The maximum absolute atomic E-state index is 12.9. The van der Waals surface area contributed by atoms with Crippen LogP contribution < -0.4 is 19.6 Å². The highest BCUT2D eigenvalue weighted by molar-refractivity contribution is 6.23. The summed E-state index contributed by atoms with van der Waals surface area (Å²) in [7, 11) is 0. The van der Waals surface area contributed by atoms with Gasteiger partial charge in [-0.3, -0.25) is 19.2 Å². The zero-order valence-electron chi connectivity index (χ0n) is 18.2. The Labute approximate surface area is 177 Å². The summed E-state index contributed by atoms with van der Waals surface area (Å²) in [6, 6.07) is 5.86. The van der Waals surface area contributed by atoms with E-state index in [2.05, 4.69) is 0 Å². The Bertz CT molecular complexity index is 761. The minimum Gasteiger partial charge on any atom is -0.325 e. The number of nitrogens with zero attached hydrogens (tertiary/aromatic N) is 2. The van der Waals surface area contributed by atoms with Crippen molar-refractivity contribution in [1.29, 1.82) is 0 Å². The molecule has 2 N–H and O–H groups in total. The molecule has 162 valence electrons. The Morgan fingerprint density at radius 3 is 1.23 bits per heavy atom. The summed E-state index contributed by atoms with van der Waals surface area (Å²) in [5.41, 5.74) is 0.959. The summed E-state index contributed by atoms with van der Waals surface area (Å²) < 4.78 is 0. The fourth-order valence-electron chi connectivity index (χ4n) is 4.68. The van der Waals surface area contributed by atoms with Crippen LogP contribution in [0.1, 0.15) is 40.5 Å². The number of likely N-dealkylation sites (N-methyl/N-ethyl adjacent to an activating group) is 2. The summed E-state index contributed by atoms with van der Waals surface area (Å²) >= 11 is 0. The maximum atomic E-state index is 12.9. The molecule has 2 saturated heterocycles. The first-order valence-corrected chi connectivity index (χ1v) is 10.9. The topological polar surface area (TPSA) is 83.6 Å². The zero-order valence-corrected chi connectivity index (χ0v) is 18.2. The quantitative estimate of drug-likeness (QED) is 0.522. The number of carbonyl (C=O) groups excluding carboxylic acids is 4. The Balaban J connectivity index is 1.80. The van der Waals surface area contributed by atoms with Crippen LogP contribution in [0.25, 0.3) is 0 Å². The number of benzene rings is 1. The number of amides is 4. The number of hydrogen-bond donors (Lipinski definition) is 2. The summed E-state index contributed by atoms with van der Waals surface area (Å²) in [5.74, 6) is -0.804. The van der Waals surface area contributed by atoms with Crippen LogP contribution in [0.5, 0.6) is 0 Å². The van der Waals surface area contributed by atoms with Crippen LogP contribution in [0.4, 0.5) is 11.4 Å². The third-order valence-corrected chi connectivity index (χ3v) is 6.46.